The van der Waals surface area contributed by atoms with Crippen LogP contribution in [0.1, 0.15) is 35.6 Å². The molecular formula is C23H24F6N4O. The quantitative estimate of drug-likeness (QED) is 0.604. The van der Waals surface area contributed by atoms with E-state index in [4.69, 9.17) is 0 Å². The minimum Gasteiger partial charge on any atom is -0.378 e. The number of pyridine rings is 1. The average molecular weight is 486 g/mol. The maximum Gasteiger partial charge on any atom is 0.416 e. The Morgan fingerprint density at radius 1 is 1.06 bits per heavy atom. The van der Waals surface area contributed by atoms with Gasteiger partial charge in [-0.1, -0.05) is 6.07 Å². The lowest BCUT2D eigenvalue weighted by Gasteiger charge is -2.41. The number of aromatic nitrogens is 1. The van der Waals surface area contributed by atoms with Gasteiger partial charge >= 0.3 is 12.4 Å². The zero-order valence-electron chi connectivity index (χ0n) is 18.2. The minimum absolute atomic E-state index is 0.0620. The van der Waals surface area contributed by atoms with Crippen LogP contribution >= 0.6 is 0 Å². The molecule has 4 rings (SSSR count). The number of carbonyl (C=O) groups is 1. The molecule has 1 unspecified atom stereocenters. The summed E-state index contributed by atoms with van der Waals surface area (Å²) >= 11 is 0. The number of nitrogens with zero attached hydrogens (tertiary/aromatic N) is 3. The topological polar surface area (TPSA) is 48.5 Å². The predicted molar refractivity (Wildman–Crippen MR) is 113 cm³/mol. The van der Waals surface area contributed by atoms with E-state index in [0.29, 0.717) is 36.8 Å². The third kappa shape index (κ3) is 5.52. The van der Waals surface area contributed by atoms with Crippen LogP contribution in [0.4, 0.5) is 32.0 Å². The number of halogens is 6. The van der Waals surface area contributed by atoms with E-state index >= 15 is 0 Å². The number of fused-ring (bicyclic) bond motifs is 1. The van der Waals surface area contributed by atoms with Crippen LogP contribution in [0.25, 0.3) is 0 Å². The number of nitrogens with one attached hydrogen (secondary N) is 1. The van der Waals surface area contributed by atoms with Gasteiger partial charge in [0.05, 0.1) is 23.7 Å². The minimum atomic E-state index is -4.96. The van der Waals surface area contributed by atoms with Gasteiger partial charge in [0.1, 0.15) is 0 Å². The molecule has 1 aromatic heterocycles. The highest BCUT2D eigenvalue weighted by molar-refractivity contribution is 5.89. The van der Waals surface area contributed by atoms with Crippen molar-refractivity contribution in [3.63, 3.8) is 0 Å². The summed E-state index contributed by atoms with van der Waals surface area (Å²) in [7, 11) is 0. The van der Waals surface area contributed by atoms with Crippen LogP contribution in [-0.2, 0) is 17.1 Å². The Bertz CT molecular complexity index is 979. The van der Waals surface area contributed by atoms with Gasteiger partial charge in [-0.2, -0.15) is 26.3 Å². The summed E-state index contributed by atoms with van der Waals surface area (Å²) in [4.78, 5) is 21.8. The number of anilines is 1. The maximum atomic E-state index is 13.3. The van der Waals surface area contributed by atoms with Crippen LogP contribution in [-0.4, -0.2) is 59.3 Å². The number of alkyl halides is 6. The van der Waals surface area contributed by atoms with Crippen molar-refractivity contribution >= 4 is 11.5 Å². The Balaban J connectivity index is 1.55. The molecule has 0 amide bonds. The average Bonchev–Trinajstić information content (AvgIpc) is 3.25. The van der Waals surface area contributed by atoms with E-state index in [1.54, 1.807) is 24.5 Å². The fourth-order valence-corrected chi connectivity index (χ4v) is 4.73. The number of hydrogen-bond acceptors (Lipinski definition) is 5. The molecule has 0 aliphatic carbocycles. The molecule has 2 aliphatic heterocycles. The molecule has 1 N–H and O–H groups in total. The Morgan fingerprint density at radius 2 is 1.76 bits per heavy atom. The summed E-state index contributed by atoms with van der Waals surface area (Å²) < 4.78 is 78.9. The third-order valence-electron chi connectivity index (χ3n) is 6.34. The van der Waals surface area contributed by atoms with Crippen LogP contribution in [0, 0.1) is 0 Å². The van der Waals surface area contributed by atoms with Crippen LogP contribution in [0.2, 0.25) is 0 Å². The second-order valence-corrected chi connectivity index (χ2v) is 8.63. The first kappa shape index (κ1) is 24.5. The lowest BCUT2D eigenvalue weighted by Crippen LogP contribution is -2.52. The fraction of sp³-hybridized carbons (Fsp3) is 0.478. The number of ketones is 1. The molecule has 3 heterocycles. The molecule has 0 bridgehead atoms. The summed E-state index contributed by atoms with van der Waals surface area (Å²) in [5.74, 6) is -0.356. The molecule has 5 nitrogen and oxygen atoms in total. The maximum absolute atomic E-state index is 13.3. The van der Waals surface area contributed by atoms with Gasteiger partial charge in [-0.15, -0.1) is 0 Å². The summed E-state index contributed by atoms with van der Waals surface area (Å²) in [5.41, 5.74) is -2.64. The highest BCUT2D eigenvalue weighted by Crippen LogP contribution is 2.37. The van der Waals surface area contributed by atoms with E-state index in [2.05, 4.69) is 15.2 Å². The third-order valence-corrected chi connectivity index (χ3v) is 6.34. The molecule has 2 saturated heterocycles. The Hall–Kier alpha value is -2.66. The highest BCUT2D eigenvalue weighted by Gasteiger charge is 2.38. The number of Topliss-reactive ketones (excluding diaryl/α,β-unsaturated/α-hetero) is 1. The molecule has 0 saturated carbocycles. The zero-order valence-corrected chi connectivity index (χ0v) is 18.2. The molecule has 11 heteroatoms. The summed E-state index contributed by atoms with van der Waals surface area (Å²) in [6.45, 7) is 2.67. The SMILES string of the molecule is O=C(CNc1cc(C(F)(F)F)cc(C(F)(F)F)c1)C(c1cccnc1)N1CCN2CCC[C@@H]2C1. The van der Waals surface area contributed by atoms with E-state index in [1.165, 1.54) is 0 Å². The molecule has 2 aliphatic rings. The van der Waals surface area contributed by atoms with Crippen LogP contribution in [0.3, 0.4) is 0 Å². The van der Waals surface area contributed by atoms with Crippen molar-refractivity contribution in [1.29, 1.82) is 0 Å². The molecule has 1 aromatic carbocycles. The van der Waals surface area contributed by atoms with E-state index in [-0.39, 0.29) is 11.8 Å². The largest absolute Gasteiger partial charge is 0.416 e. The molecule has 0 radical (unpaired) electrons. The van der Waals surface area contributed by atoms with E-state index in [0.717, 1.165) is 25.9 Å². The summed E-state index contributed by atoms with van der Waals surface area (Å²) in [6, 6.07) is 4.30. The Morgan fingerprint density at radius 3 is 2.38 bits per heavy atom. The van der Waals surface area contributed by atoms with Crippen molar-refractivity contribution in [2.75, 3.05) is 38.0 Å². The number of benzene rings is 1. The molecule has 0 spiro atoms. The van der Waals surface area contributed by atoms with Gasteiger partial charge in [0.2, 0.25) is 0 Å². The zero-order chi connectivity index (χ0) is 24.5. The smallest absolute Gasteiger partial charge is 0.378 e. The Kier molecular flexibility index (Phi) is 6.86. The number of piperazine rings is 1. The van der Waals surface area contributed by atoms with Gasteiger partial charge in [-0.25, -0.2) is 0 Å². The van der Waals surface area contributed by atoms with E-state index < -0.39 is 41.8 Å². The van der Waals surface area contributed by atoms with Gasteiger partial charge in [0, 0.05) is 43.8 Å². The first-order valence-electron chi connectivity index (χ1n) is 11.0. The van der Waals surface area contributed by atoms with Crippen LogP contribution < -0.4 is 5.32 Å². The first-order chi connectivity index (χ1) is 16.0. The summed E-state index contributed by atoms with van der Waals surface area (Å²) in [6.07, 6.45) is -4.67. The fourth-order valence-electron chi connectivity index (χ4n) is 4.73. The van der Waals surface area contributed by atoms with Crippen molar-refractivity contribution in [1.82, 2.24) is 14.8 Å². The van der Waals surface area contributed by atoms with Gasteiger partial charge in [-0.05, 0) is 49.2 Å². The van der Waals surface area contributed by atoms with Gasteiger partial charge in [-0.3, -0.25) is 19.6 Å². The van der Waals surface area contributed by atoms with E-state index in [9.17, 15) is 31.1 Å². The Labute approximate surface area is 192 Å². The number of rotatable bonds is 6. The molecule has 2 aromatic rings. The monoisotopic (exact) mass is 486 g/mol. The van der Waals surface area contributed by atoms with Gasteiger partial charge in [0.15, 0.2) is 5.78 Å². The molecule has 184 valence electrons. The van der Waals surface area contributed by atoms with Crippen LogP contribution in [0.15, 0.2) is 42.7 Å². The molecule has 34 heavy (non-hydrogen) atoms. The molecule has 2 fully saturated rings. The van der Waals surface area contributed by atoms with Gasteiger partial charge < -0.3 is 5.32 Å². The van der Waals surface area contributed by atoms with E-state index in [1.807, 2.05) is 4.90 Å². The standard InChI is InChI=1S/C23H24F6N4O/c24-22(25,26)16-9-17(23(27,28)29)11-18(10-16)31-13-20(34)21(15-3-1-5-30-12-15)33-8-7-32-6-2-4-19(32)14-33/h1,3,5,9-12,19,21,31H,2,4,6-8,13-14H2/t19-,21?/m1/s1. The van der Waals surface area contributed by atoms with Crippen molar-refractivity contribution in [2.24, 2.45) is 0 Å². The van der Waals surface area contributed by atoms with Crippen molar-refractivity contribution < 1.29 is 31.1 Å². The second-order valence-electron chi connectivity index (χ2n) is 8.63. The lowest BCUT2D eigenvalue weighted by atomic mass is 9.99. The van der Waals surface area contributed by atoms with Crippen molar-refractivity contribution in [3.05, 3.63) is 59.4 Å². The summed E-state index contributed by atoms with van der Waals surface area (Å²) in [5, 5.41) is 2.50. The molecular weight excluding hydrogens is 462 g/mol. The number of hydrogen-bond donors (Lipinski definition) is 1. The van der Waals surface area contributed by atoms with Crippen molar-refractivity contribution in [2.45, 2.75) is 37.3 Å². The second kappa shape index (κ2) is 9.53. The normalized spacial score (nSPS) is 20.7. The molecule has 2 atom stereocenters. The highest BCUT2D eigenvalue weighted by atomic mass is 19.4. The number of carbonyl (C=O) groups excluding carboxylic acids is 1. The predicted octanol–water partition coefficient (Wildman–Crippen LogP) is 4.62. The van der Waals surface area contributed by atoms with Crippen LogP contribution in [0.5, 0.6) is 0 Å². The van der Waals surface area contributed by atoms with Crippen molar-refractivity contribution in [3.8, 4) is 0 Å². The lowest BCUT2D eigenvalue weighted by molar-refractivity contribution is -0.143. The first-order valence-corrected chi connectivity index (χ1v) is 11.0. The van der Waals surface area contributed by atoms with Gasteiger partial charge in [0.25, 0.3) is 0 Å².